The van der Waals surface area contributed by atoms with Gasteiger partial charge in [-0.2, -0.15) is 4.98 Å². The first kappa shape index (κ1) is 22.0. The molecular weight excluding hydrogens is 348 g/mol. The number of rotatable bonds is 11. The number of hydrogen-bond donors (Lipinski definition) is 2. The predicted octanol–water partition coefficient (Wildman–Crippen LogP) is 4.52. The van der Waals surface area contributed by atoms with Gasteiger partial charge in [-0.15, -0.1) is 0 Å². The van der Waals surface area contributed by atoms with Crippen LogP contribution in [0, 0.1) is 6.92 Å². The van der Waals surface area contributed by atoms with Crippen LogP contribution in [0.25, 0.3) is 0 Å². The number of nitrogens with zero attached hydrogens (tertiary/aromatic N) is 4. The fraction of sp³-hybridized carbons (Fsp3) is 0.545. The fourth-order valence-corrected chi connectivity index (χ4v) is 3.16. The molecule has 2 N–H and O–H groups in total. The van der Waals surface area contributed by atoms with Crippen molar-refractivity contribution in [1.29, 1.82) is 0 Å². The molecule has 0 fully saturated rings. The van der Waals surface area contributed by atoms with Gasteiger partial charge in [0.2, 0.25) is 5.95 Å². The molecule has 0 saturated heterocycles. The van der Waals surface area contributed by atoms with Gasteiger partial charge in [-0.3, -0.25) is 0 Å². The summed E-state index contributed by atoms with van der Waals surface area (Å²) in [6.45, 7) is 12.0. The minimum Gasteiger partial charge on any atom is -0.378 e. The monoisotopic (exact) mass is 384 g/mol. The van der Waals surface area contributed by atoms with E-state index in [9.17, 15) is 0 Å². The third kappa shape index (κ3) is 7.00. The van der Waals surface area contributed by atoms with Crippen LogP contribution in [0.4, 0.5) is 23.1 Å². The molecule has 6 heteroatoms. The topological polar surface area (TPSA) is 56.3 Å². The molecule has 1 aromatic heterocycles. The Labute approximate surface area is 170 Å². The number of aromatic nitrogens is 2. The molecule has 1 heterocycles. The second-order valence-corrected chi connectivity index (χ2v) is 7.50. The zero-order chi connectivity index (χ0) is 20.5. The molecular formula is C22H36N6. The first-order valence-corrected chi connectivity index (χ1v) is 10.3. The molecule has 2 aromatic rings. The molecule has 0 aliphatic rings. The Morgan fingerprint density at radius 1 is 1.04 bits per heavy atom. The summed E-state index contributed by atoms with van der Waals surface area (Å²) in [5, 5.41) is 6.84. The van der Waals surface area contributed by atoms with Crippen molar-refractivity contribution in [2.24, 2.45) is 0 Å². The lowest BCUT2D eigenvalue weighted by molar-refractivity contribution is 0.295. The fourth-order valence-electron chi connectivity index (χ4n) is 3.16. The zero-order valence-corrected chi connectivity index (χ0v) is 18.3. The molecule has 1 aromatic carbocycles. The van der Waals surface area contributed by atoms with Gasteiger partial charge in [-0.25, -0.2) is 4.98 Å². The van der Waals surface area contributed by atoms with E-state index in [1.54, 1.807) is 0 Å². The standard InChI is InChI=1S/C22H36N6/c1-7-28(8-2)15-9-10-17(3)23-21-16-18(4)24-22(26-21)25-19-11-13-20(14-12-19)27(5)6/h11-14,16-17H,7-10,15H2,1-6H3,(H2,23,24,25,26). The largest absolute Gasteiger partial charge is 0.378 e. The average Bonchev–Trinajstić information content (AvgIpc) is 2.65. The van der Waals surface area contributed by atoms with Crippen molar-refractivity contribution in [1.82, 2.24) is 14.9 Å². The Balaban J connectivity index is 1.94. The molecule has 0 aliphatic heterocycles. The maximum atomic E-state index is 4.65. The van der Waals surface area contributed by atoms with E-state index < -0.39 is 0 Å². The average molecular weight is 385 g/mol. The Hall–Kier alpha value is -2.34. The van der Waals surface area contributed by atoms with Crippen LogP contribution in [0.5, 0.6) is 0 Å². The summed E-state index contributed by atoms with van der Waals surface area (Å²) in [6.07, 6.45) is 2.30. The van der Waals surface area contributed by atoms with Crippen molar-refractivity contribution in [2.75, 3.05) is 49.3 Å². The van der Waals surface area contributed by atoms with Crippen molar-refractivity contribution < 1.29 is 0 Å². The van der Waals surface area contributed by atoms with Gasteiger partial charge in [-0.05, 0) is 70.6 Å². The maximum Gasteiger partial charge on any atom is 0.229 e. The summed E-state index contributed by atoms with van der Waals surface area (Å²) in [6, 6.07) is 10.6. The van der Waals surface area contributed by atoms with Gasteiger partial charge >= 0.3 is 0 Å². The number of nitrogens with one attached hydrogen (secondary N) is 2. The smallest absolute Gasteiger partial charge is 0.229 e. The van der Waals surface area contributed by atoms with Gasteiger partial charge in [0, 0.05) is 43.3 Å². The lowest BCUT2D eigenvalue weighted by atomic mass is 10.1. The molecule has 0 amide bonds. The summed E-state index contributed by atoms with van der Waals surface area (Å²) in [7, 11) is 4.07. The molecule has 6 nitrogen and oxygen atoms in total. The zero-order valence-electron chi connectivity index (χ0n) is 18.3. The van der Waals surface area contributed by atoms with Gasteiger partial charge in [0.05, 0.1) is 0 Å². The molecule has 1 unspecified atom stereocenters. The summed E-state index contributed by atoms with van der Waals surface area (Å²) in [5.41, 5.74) is 3.09. The normalized spacial score (nSPS) is 12.1. The molecule has 2 rings (SSSR count). The lowest BCUT2D eigenvalue weighted by Gasteiger charge is -2.20. The van der Waals surface area contributed by atoms with Gasteiger partial charge < -0.3 is 20.4 Å². The number of benzene rings is 1. The van der Waals surface area contributed by atoms with Crippen LogP contribution >= 0.6 is 0 Å². The Morgan fingerprint density at radius 2 is 1.71 bits per heavy atom. The SMILES string of the molecule is CCN(CC)CCCC(C)Nc1cc(C)nc(Nc2ccc(N(C)C)cc2)n1. The van der Waals surface area contributed by atoms with E-state index in [1.807, 2.05) is 39.2 Å². The molecule has 0 aliphatic carbocycles. The van der Waals surface area contributed by atoms with E-state index in [1.165, 1.54) is 6.42 Å². The molecule has 0 bridgehead atoms. The van der Waals surface area contributed by atoms with E-state index in [0.29, 0.717) is 12.0 Å². The second-order valence-electron chi connectivity index (χ2n) is 7.50. The maximum absolute atomic E-state index is 4.65. The first-order chi connectivity index (χ1) is 13.4. The van der Waals surface area contributed by atoms with Crippen molar-refractivity contribution in [2.45, 2.75) is 46.6 Å². The summed E-state index contributed by atoms with van der Waals surface area (Å²) in [5.74, 6) is 1.49. The summed E-state index contributed by atoms with van der Waals surface area (Å²) < 4.78 is 0. The summed E-state index contributed by atoms with van der Waals surface area (Å²) >= 11 is 0. The first-order valence-electron chi connectivity index (χ1n) is 10.3. The molecule has 154 valence electrons. The van der Waals surface area contributed by atoms with Gasteiger partial charge in [-0.1, -0.05) is 13.8 Å². The van der Waals surface area contributed by atoms with Gasteiger partial charge in [0.1, 0.15) is 5.82 Å². The highest BCUT2D eigenvalue weighted by atomic mass is 15.2. The Morgan fingerprint density at radius 3 is 2.32 bits per heavy atom. The van der Waals surface area contributed by atoms with Crippen LogP contribution in [0.15, 0.2) is 30.3 Å². The van der Waals surface area contributed by atoms with E-state index in [-0.39, 0.29) is 0 Å². The Kier molecular flexibility index (Phi) is 8.51. The number of anilines is 4. The third-order valence-electron chi connectivity index (χ3n) is 4.89. The highest BCUT2D eigenvalue weighted by molar-refractivity contribution is 5.59. The van der Waals surface area contributed by atoms with Crippen molar-refractivity contribution in [3.63, 3.8) is 0 Å². The minimum atomic E-state index is 0.372. The van der Waals surface area contributed by atoms with Crippen molar-refractivity contribution in [3.8, 4) is 0 Å². The van der Waals surface area contributed by atoms with Crippen LogP contribution in [-0.2, 0) is 0 Å². The quantitative estimate of drug-likeness (QED) is 0.594. The number of hydrogen-bond acceptors (Lipinski definition) is 6. The van der Waals surface area contributed by atoms with E-state index in [0.717, 1.165) is 48.9 Å². The van der Waals surface area contributed by atoms with E-state index >= 15 is 0 Å². The molecule has 28 heavy (non-hydrogen) atoms. The van der Waals surface area contributed by atoms with Crippen molar-refractivity contribution in [3.05, 3.63) is 36.0 Å². The van der Waals surface area contributed by atoms with Gasteiger partial charge in [0.15, 0.2) is 0 Å². The molecule has 1 atom stereocenters. The number of aryl methyl sites for hydroxylation is 1. The predicted molar refractivity (Wildman–Crippen MR) is 121 cm³/mol. The second kappa shape index (κ2) is 10.9. The Bertz CT molecular complexity index is 709. The lowest BCUT2D eigenvalue weighted by Crippen LogP contribution is -2.25. The molecule has 0 spiro atoms. The van der Waals surface area contributed by atoms with E-state index in [4.69, 9.17) is 0 Å². The van der Waals surface area contributed by atoms with Crippen LogP contribution in [0.1, 0.15) is 39.3 Å². The molecule has 0 saturated carbocycles. The van der Waals surface area contributed by atoms with Gasteiger partial charge in [0.25, 0.3) is 0 Å². The highest BCUT2D eigenvalue weighted by Gasteiger charge is 2.08. The van der Waals surface area contributed by atoms with Crippen LogP contribution < -0.4 is 15.5 Å². The van der Waals surface area contributed by atoms with Crippen molar-refractivity contribution >= 4 is 23.1 Å². The van der Waals surface area contributed by atoms with Crippen LogP contribution in [0.2, 0.25) is 0 Å². The van der Waals surface area contributed by atoms with Crippen LogP contribution in [-0.4, -0.2) is 54.6 Å². The summed E-state index contributed by atoms with van der Waals surface area (Å²) in [4.78, 5) is 13.7. The minimum absolute atomic E-state index is 0.372. The van der Waals surface area contributed by atoms with Crippen LogP contribution in [0.3, 0.4) is 0 Å². The highest BCUT2D eigenvalue weighted by Crippen LogP contribution is 2.20. The molecule has 0 radical (unpaired) electrons. The van der Waals surface area contributed by atoms with E-state index in [2.05, 4.69) is 63.3 Å². The third-order valence-corrected chi connectivity index (χ3v) is 4.89.